The SMILES string of the molecule is N#Cc1oc2ccccc2c1Oc1ncnc(Cl)c1N. The minimum atomic E-state index is 0.0420. The van der Waals surface area contributed by atoms with Gasteiger partial charge >= 0.3 is 0 Å². The smallest absolute Gasteiger partial charge is 0.247 e. The van der Waals surface area contributed by atoms with Crippen molar-refractivity contribution < 1.29 is 9.15 Å². The molecule has 2 heterocycles. The molecule has 0 saturated carbocycles. The van der Waals surface area contributed by atoms with Gasteiger partial charge in [0.05, 0.1) is 5.39 Å². The summed E-state index contributed by atoms with van der Waals surface area (Å²) in [4.78, 5) is 7.64. The first kappa shape index (κ1) is 12.3. The van der Waals surface area contributed by atoms with Crippen LogP contribution in [0.1, 0.15) is 5.76 Å². The lowest BCUT2D eigenvalue weighted by molar-refractivity contribution is 0.451. The van der Waals surface area contributed by atoms with Crippen molar-refractivity contribution in [2.24, 2.45) is 0 Å². The highest BCUT2D eigenvalue weighted by molar-refractivity contribution is 6.32. The van der Waals surface area contributed by atoms with Crippen molar-refractivity contribution in [2.75, 3.05) is 5.73 Å². The molecule has 0 atom stereocenters. The van der Waals surface area contributed by atoms with E-state index in [2.05, 4.69) is 9.97 Å². The number of hydrogen-bond acceptors (Lipinski definition) is 6. The molecule has 1 aromatic carbocycles. The number of hydrogen-bond donors (Lipinski definition) is 1. The number of furan rings is 1. The number of halogens is 1. The standard InChI is InChI=1S/C13H7ClN4O2/c14-12-10(16)13(18-6-17-12)20-11-7-3-1-2-4-8(7)19-9(11)5-15/h1-4,6H,16H2. The van der Waals surface area contributed by atoms with Crippen molar-refractivity contribution in [3.8, 4) is 17.7 Å². The van der Waals surface area contributed by atoms with Gasteiger partial charge in [0.25, 0.3) is 0 Å². The molecule has 6 nitrogen and oxygen atoms in total. The third-order valence-corrected chi connectivity index (χ3v) is 2.95. The number of anilines is 1. The molecular weight excluding hydrogens is 280 g/mol. The first-order chi connectivity index (χ1) is 9.70. The average molecular weight is 287 g/mol. The van der Waals surface area contributed by atoms with Crippen molar-refractivity contribution in [3.63, 3.8) is 0 Å². The molecular formula is C13H7ClN4O2. The van der Waals surface area contributed by atoms with E-state index >= 15 is 0 Å². The van der Waals surface area contributed by atoms with Gasteiger partial charge in [0.1, 0.15) is 23.7 Å². The molecule has 7 heteroatoms. The summed E-state index contributed by atoms with van der Waals surface area (Å²) in [7, 11) is 0. The number of nitriles is 1. The second kappa shape index (κ2) is 4.72. The molecule has 0 amide bonds. The molecule has 2 aromatic heterocycles. The Morgan fingerprint density at radius 1 is 1.30 bits per heavy atom. The van der Waals surface area contributed by atoms with Crippen LogP contribution < -0.4 is 10.5 Å². The fourth-order valence-corrected chi connectivity index (χ4v) is 1.86. The van der Waals surface area contributed by atoms with Crippen LogP contribution in [0.3, 0.4) is 0 Å². The summed E-state index contributed by atoms with van der Waals surface area (Å²) in [5.74, 6) is 0.373. The molecule has 3 rings (SSSR count). The lowest BCUT2D eigenvalue weighted by atomic mass is 10.2. The largest absolute Gasteiger partial charge is 0.442 e. The van der Waals surface area contributed by atoms with E-state index in [1.165, 1.54) is 6.33 Å². The van der Waals surface area contributed by atoms with Gasteiger partial charge < -0.3 is 14.9 Å². The second-order valence-corrected chi connectivity index (χ2v) is 4.21. The molecule has 98 valence electrons. The van der Waals surface area contributed by atoms with E-state index < -0.39 is 0 Å². The van der Waals surface area contributed by atoms with Crippen molar-refractivity contribution in [1.29, 1.82) is 5.26 Å². The number of para-hydroxylation sites is 1. The molecule has 0 aliphatic heterocycles. The van der Waals surface area contributed by atoms with Gasteiger partial charge in [0, 0.05) is 0 Å². The maximum absolute atomic E-state index is 9.11. The minimum absolute atomic E-state index is 0.0420. The Balaban J connectivity index is 2.15. The van der Waals surface area contributed by atoms with Crippen LogP contribution in [-0.4, -0.2) is 9.97 Å². The zero-order valence-corrected chi connectivity index (χ0v) is 10.8. The molecule has 20 heavy (non-hydrogen) atoms. The summed E-state index contributed by atoms with van der Waals surface area (Å²) < 4.78 is 11.0. The second-order valence-electron chi connectivity index (χ2n) is 3.85. The van der Waals surface area contributed by atoms with E-state index in [9.17, 15) is 0 Å². The van der Waals surface area contributed by atoms with Crippen molar-refractivity contribution in [3.05, 3.63) is 41.5 Å². The minimum Gasteiger partial charge on any atom is -0.442 e. The highest BCUT2D eigenvalue weighted by Gasteiger charge is 2.18. The Kier molecular flexibility index (Phi) is 2.89. The quantitative estimate of drug-likeness (QED) is 0.727. The van der Waals surface area contributed by atoms with Crippen LogP contribution in [0.4, 0.5) is 5.69 Å². The van der Waals surface area contributed by atoms with Gasteiger partial charge in [-0.05, 0) is 12.1 Å². The Morgan fingerprint density at radius 3 is 2.90 bits per heavy atom. The number of fused-ring (bicyclic) bond motifs is 1. The topological polar surface area (TPSA) is 98.0 Å². The summed E-state index contributed by atoms with van der Waals surface area (Å²) in [6, 6.07) is 9.04. The molecule has 0 spiro atoms. The first-order valence-electron chi connectivity index (χ1n) is 5.56. The van der Waals surface area contributed by atoms with Crippen molar-refractivity contribution in [1.82, 2.24) is 9.97 Å². The Labute approximate surface area is 118 Å². The average Bonchev–Trinajstić information content (AvgIpc) is 2.82. The normalized spacial score (nSPS) is 10.4. The van der Waals surface area contributed by atoms with E-state index in [4.69, 9.17) is 31.8 Å². The Bertz CT molecular complexity index is 838. The molecule has 0 unspecified atom stereocenters. The summed E-state index contributed by atoms with van der Waals surface area (Å²) in [5.41, 5.74) is 6.38. The van der Waals surface area contributed by atoms with Gasteiger partial charge in [-0.3, -0.25) is 0 Å². The summed E-state index contributed by atoms with van der Waals surface area (Å²) in [5, 5.41) is 9.84. The van der Waals surface area contributed by atoms with E-state index in [0.29, 0.717) is 11.0 Å². The fraction of sp³-hybridized carbons (Fsp3) is 0. The molecule has 0 bridgehead atoms. The zero-order valence-electron chi connectivity index (χ0n) is 10.0. The zero-order chi connectivity index (χ0) is 14.1. The number of aromatic nitrogens is 2. The molecule has 0 fully saturated rings. The van der Waals surface area contributed by atoms with Crippen LogP contribution >= 0.6 is 11.6 Å². The molecule has 0 aliphatic carbocycles. The van der Waals surface area contributed by atoms with Crippen molar-refractivity contribution >= 4 is 28.3 Å². The number of nitrogen functional groups attached to an aromatic ring is 1. The number of nitrogens with two attached hydrogens (primary N) is 1. The van der Waals surface area contributed by atoms with Crippen LogP contribution in [0.2, 0.25) is 5.15 Å². The number of ether oxygens (including phenoxy) is 1. The highest BCUT2D eigenvalue weighted by Crippen LogP contribution is 2.37. The Morgan fingerprint density at radius 2 is 2.10 bits per heavy atom. The van der Waals surface area contributed by atoms with Crippen molar-refractivity contribution in [2.45, 2.75) is 0 Å². The molecule has 2 N–H and O–H groups in total. The van der Waals surface area contributed by atoms with E-state index in [-0.39, 0.29) is 28.2 Å². The van der Waals surface area contributed by atoms with Gasteiger partial charge in [-0.2, -0.15) is 10.2 Å². The van der Waals surface area contributed by atoms with Gasteiger partial charge in [-0.1, -0.05) is 23.7 Å². The molecule has 0 saturated heterocycles. The molecule has 0 aliphatic rings. The number of nitrogens with zero attached hydrogens (tertiary/aromatic N) is 3. The lowest BCUT2D eigenvalue weighted by Crippen LogP contribution is -1.97. The monoisotopic (exact) mass is 286 g/mol. The van der Waals surface area contributed by atoms with E-state index in [1.54, 1.807) is 18.2 Å². The summed E-state index contributed by atoms with van der Waals surface area (Å²) in [6.07, 6.45) is 1.22. The van der Waals surface area contributed by atoms with E-state index in [0.717, 1.165) is 0 Å². The van der Waals surface area contributed by atoms with Crippen LogP contribution in [0.5, 0.6) is 11.6 Å². The fourth-order valence-electron chi connectivity index (χ4n) is 1.73. The maximum atomic E-state index is 9.11. The van der Waals surface area contributed by atoms with Gasteiger partial charge in [0.15, 0.2) is 10.9 Å². The van der Waals surface area contributed by atoms with Gasteiger partial charge in [-0.15, -0.1) is 0 Å². The summed E-state index contributed by atoms with van der Waals surface area (Å²) >= 11 is 5.80. The molecule has 3 aromatic rings. The summed E-state index contributed by atoms with van der Waals surface area (Å²) in [6.45, 7) is 0. The first-order valence-corrected chi connectivity index (χ1v) is 5.94. The van der Waals surface area contributed by atoms with Crippen LogP contribution in [-0.2, 0) is 0 Å². The van der Waals surface area contributed by atoms with Crippen LogP contribution in [0.25, 0.3) is 11.0 Å². The van der Waals surface area contributed by atoms with Gasteiger partial charge in [-0.25, -0.2) is 4.98 Å². The highest BCUT2D eigenvalue weighted by atomic mass is 35.5. The number of benzene rings is 1. The van der Waals surface area contributed by atoms with E-state index in [1.807, 2.05) is 12.1 Å². The third-order valence-electron chi connectivity index (χ3n) is 2.65. The maximum Gasteiger partial charge on any atom is 0.247 e. The lowest BCUT2D eigenvalue weighted by Gasteiger charge is -2.06. The van der Waals surface area contributed by atoms with Gasteiger partial charge in [0.2, 0.25) is 11.6 Å². The van der Waals surface area contributed by atoms with Crippen LogP contribution in [0.15, 0.2) is 35.0 Å². The Hall–Kier alpha value is -2.78. The predicted octanol–water partition coefficient (Wildman–Crippen LogP) is 3.12. The number of rotatable bonds is 2. The predicted molar refractivity (Wildman–Crippen MR) is 72.5 cm³/mol. The third kappa shape index (κ3) is 1.90. The molecule has 0 radical (unpaired) electrons. The van der Waals surface area contributed by atoms with Crippen LogP contribution in [0, 0.1) is 11.3 Å².